The van der Waals surface area contributed by atoms with E-state index in [1.165, 1.54) is 32.3 Å². The number of ether oxygens (including phenoxy) is 2. The van der Waals surface area contributed by atoms with Crippen molar-refractivity contribution in [2.75, 3.05) is 39.6 Å². The van der Waals surface area contributed by atoms with Crippen LogP contribution in [0.4, 0.5) is 5.69 Å². The SMILES string of the molecule is CCOCCOc1cc(S(=O)(=O)N(C)C)ccc1N. The van der Waals surface area contributed by atoms with Gasteiger partial charge < -0.3 is 15.2 Å². The average Bonchev–Trinajstić information content (AvgIpc) is 2.36. The second-order valence-corrected chi connectivity index (χ2v) is 6.18. The van der Waals surface area contributed by atoms with Gasteiger partial charge in [0.2, 0.25) is 10.0 Å². The highest BCUT2D eigenvalue weighted by atomic mass is 32.2. The third-order valence-corrected chi connectivity index (χ3v) is 4.26. The molecule has 0 aliphatic carbocycles. The lowest BCUT2D eigenvalue weighted by atomic mass is 10.3. The van der Waals surface area contributed by atoms with E-state index in [1.807, 2.05) is 6.92 Å². The molecule has 1 aromatic rings. The zero-order chi connectivity index (χ0) is 14.5. The summed E-state index contributed by atoms with van der Waals surface area (Å²) in [4.78, 5) is 0.151. The van der Waals surface area contributed by atoms with Gasteiger partial charge in [-0.15, -0.1) is 0 Å². The third-order valence-electron chi connectivity index (χ3n) is 2.45. The Hall–Kier alpha value is -1.31. The molecule has 0 aromatic heterocycles. The highest BCUT2D eigenvalue weighted by molar-refractivity contribution is 7.89. The van der Waals surface area contributed by atoms with Crippen molar-refractivity contribution in [3.8, 4) is 5.75 Å². The summed E-state index contributed by atoms with van der Waals surface area (Å²) >= 11 is 0. The molecule has 108 valence electrons. The monoisotopic (exact) mass is 288 g/mol. The Morgan fingerprint density at radius 1 is 1.26 bits per heavy atom. The number of nitrogens with zero attached hydrogens (tertiary/aromatic N) is 1. The molecule has 6 nitrogen and oxygen atoms in total. The van der Waals surface area contributed by atoms with E-state index in [0.29, 0.717) is 31.3 Å². The van der Waals surface area contributed by atoms with Gasteiger partial charge in [-0.05, 0) is 19.1 Å². The first-order chi connectivity index (χ1) is 8.89. The molecule has 7 heteroatoms. The van der Waals surface area contributed by atoms with Crippen molar-refractivity contribution in [2.24, 2.45) is 0 Å². The number of hydrogen-bond acceptors (Lipinski definition) is 5. The number of benzene rings is 1. The Balaban J connectivity index is 2.89. The summed E-state index contributed by atoms with van der Waals surface area (Å²) in [5, 5.41) is 0. The van der Waals surface area contributed by atoms with E-state index < -0.39 is 10.0 Å². The predicted molar refractivity (Wildman–Crippen MR) is 73.7 cm³/mol. The minimum absolute atomic E-state index is 0.151. The maximum absolute atomic E-state index is 12.0. The van der Waals surface area contributed by atoms with Crippen LogP contribution in [0, 0.1) is 0 Å². The molecule has 0 saturated heterocycles. The van der Waals surface area contributed by atoms with Crippen molar-refractivity contribution in [1.82, 2.24) is 4.31 Å². The summed E-state index contributed by atoms with van der Waals surface area (Å²) in [5.74, 6) is 0.350. The molecule has 0 aliphatic heterocycles. The van der Waals surface area contributed by atoms with Crippen molar-refractivity contribution in [3.63, 3.8) is 0 Å². The van der Waals surface area contributed by atoms with Crippen molar-refractivity contribution in [1.29, 1.82) is 0 Å². The average molecular weight is 288 g/mol. The largest absolute Gasteiger partial charge is 0.489 e. The van der Waals surface area contributed by atoms with Crippen LogP contribution in [0.2, 0.25) is 0 Å². The van der Waals surface area contributed by atoms with Crippen molar-refractivity contribution in [2.45, 2.75) is 11.8 Å². The fourth-order valence-electron chi connectivity index (χ4n) is 1.37. The van der Waals surface area contributed by atoms with E-state index in [4.69, 9.17) is 15.2 Å². The fourth-order valence-corrected chi connectivity index (χ4v) is 2.28. The maximum Gasteiger partial charge on any atom is 0.242 e. The molecule has 0 aliphatic rings. The first kappa shape index (κ1) is 15.7. The molecule has 0 spiro atoms. The quantitative estimate of drug-likeness (QED) is 0.596. The lowest BCUT2D eigenvalue weighted by Gasteiger charge is -2.14. The highest BCUT2D eigenvalue weighted by Crippen LogP contribution is 2.26. The van der Waals surface area contributed by atoms with Gasteiger partial charge in [-0.3, -0.25) is 0 Å². The molecule has 2 N–H and O–H groups in total. The number of anilines is 1. The van der Waals surface area contributed by atoms with E-state index in [1.54, 1.807) is 0 Å². The van der Waals surface area contributed by atoms with E-state index in [2.05, 4.69) is 0 Å². The maximum atomic E-state index is 12.0. The lowest BCUT2D eigenvalue weighted by molar-refractivity contribution is 0.110. The van der Waals surface area contributed by atoms with Gasteiger partial charge in [-0.25, -0.2) is 12.7 Å². The Morgan fingerprint density at radius 3 is 2.53 bits per heavy atom. The van der Waals surface area contributed by atoms with E-state index in [9.17, 15) is 8.42 Å². The zero-order valence-corrected chi connectivity index (χ0v) is 12.2. The number of nitrogen functional groups attached to an aromatic ring is 1. The van der Waals surface area contributed by atoms with Crippen LogP contribution in [0.25, 0.3) is 0 Å². The summed E-state index contributed by atoms with van der Waals surface area (Å²) < 4.78 is 35.7. The predicted octanol–water partition coefficient (Wildman–Crippen LogP) is 0.934. The molecule has 0 amide bonds. The molecule has 19 heavy (non-hydrogen) atoms. The highest BCUT2D eigenvalue weighted by Gasteiger charge is 2.18. The number of hydrogen-bond donors (Lipinski definition) is 1. The molecule has 0 fully saturated rings. The Bertz CT molecular complexity index is 514. The smallest absolute Gasteiger partial charge is 0.242 e. The standard InChI is InChI=1S/C12H20N2O4S/c1-4-17-7-8-18-12-9-10(5-6-11(12)13)19(15,16)14(2)3/h5-6,9H,4,7-8,13H2,1-3H3. The Kier molecular flexibility index (Phi) is 5.59. The zero-order valence-electron chi connectivity index (χ0n) is 11.4. The van der Waals surface area contributed by atoms with Gasteiger partial charge in [0.05, 0.1) is 17.2 Å². The molecule has 0 heterocycles. The third kappa shape index (κ3) is 4.09. The molecule has 1 aromatic carbocycles. The summed E-state index contributed by atoms with van der Waals surface area (Å²) in [6.45, 7) is 3.25. The Labute approximate surface area is 114 Å². The van der Waals surface area contributed by atoms with Crippen LogP contribution in [0.15, 0.2) is 23.1 Å². The van der Waals surface area contributed by atoms with Crippen LogP contribution in [0.5, 0.6) is 5.75 Å². The number of rotatable bonds is 7. The topological polar surface area (TPSA) is 81.9 Å². The molecule has 0 radical (unpaired) electrons. The van der Waals surface area contributed by atoms with Gasteiger partial charge in [0, 0.05) is 26.8 Å². The normalized spacial score (nSPS) is 11.8. The molecular weight excluding hydrogens is 268 g/mol. The molecule has 0 atom stereocenters. The van der Waals surface area contributed by atoms with Gasteiger partial charge in [0.15, 0.2) is 0 Å². The minimum atomic E-state index is -3.48. The summed E-state index contributed by atoms with van der Waals surface area (Å²) in [6, 6.07) is 4.41. The second kappa shape index (κ2) is 6.74. The van der Waals surface area contributed by atoms with Crippen molar-refractivity contribution >= 4 is 15.7 Å². The lowest BCUT2D eigenvalue weighted by Crippen LogP contribution is -2.22. The van der Waals surface area contributed by atoms with Gasteiger partial charge in [-0.2, -0.15) is 0 Å². The van der Waals surface area contributed by atoms with Gasteiger partial charge in [-0.1, -0.05) is 0 Å². The van der Waals surface area contributed by atoms with Crippen LogP contribution in [-0.2, 0) is 14.8 Å². The van der Waals surface area contributed by atoms with Crippen LogP contribution < -0.4 is 10.5 Å². The van der Waals surface area contributed by atoms with Crippen molar-refractivity contribution in [3.05, 3.63) is 18.2 Å². The first-order valence-electron chi connectivity index (χ1n) is 5.92. The van der Waals surface area contributed by atoms with Crippen molar-refractivity contribution < 1.29 is 17.9 Å². The van der Waals surface area contributed by atoms with Crippen LogP contribution in [0.3, 0.4) is 0 Å². The van der Waals surface area contributed by atoms with Crippen LogP contribution in [-0.4, -0.2) is 46.6 Å². The second-order valence-electron chi connectivity index (χ2n) is 4.03. The first-order valence-corrected chi connectivity index (χ1v) is 7.36. The minimum Gasteiger partial charge on any atom is -0.489 e. The number of sulfonamides is 1. The van der Waals surface area contributed by atoms with Crippen LogP contribution >= 0.6 is 0 Å². The summed E-state index contributed by atoms with van der Waals surface area (Å²) in [5.41, 5.74) is 6.15. The number of nitrogens with two attached hydrogens (primary N) is 1. The summed E-state index contributed by atoms with van der Waals surface area (Å²) in [6.07, 6.45) is 0. The molecule has 0 saturated carbocycles. The van der Waals surface area contributed by atoms with E-state index in [0.717, 1.165) is 4.31 Å². The van der Waals surface area contributed by atoms with Gasteiger partial charge >= 0.3 is 0 Å². The van der Waals surface area contributed by atoms with E-state index in [-0.39, 0.29) is 4.90 Å². The summed E-state index contributed by atoms with van der Waals surface area (Å²) in [7, 11) is -0.538. The van der Waals surface area contributed by atoms with E-state index >= 15 is 0 Å². The molecule has 1 rings (SSSR count). The van der Waals surface area contributed by atoms with Gasteiger partial charge in [0.1, 0.15) is 12.4 Å². The van der Waals surface area contributed by atoms with Crippen LogP contribution in [0.1, 0.15) is 6.92 Å². The van der Waals surface area contributed by atoms with Gasteiger partial charge in [0.25, 0.3) is 0 Å². The molecular formula is C12H20N2O4S. The molecule has 0 unspecified atom stereocenters. The molecule has 0 bridgehead atoms. The Morgan fingerprint density at radius 2 is 1.95 bits per heavy atom. The fraction of sp³-hybridized carbons (Fsp3) is 0.500.